The van der Waals surface area contributed by atoms with E-state index < -0.39 is 0 Å². The lowest BCUT2D eigenvalue weighted by molar-refractivity contribution is 0.591. The molecule has 3 rings (SSSR count). The maximum absolute atomic E-state index is 12.7. The highest BCUT2D eigenvalue weighted by Gasteiger charge is 2.24. The van der Waals surface area contributed by atoms with Crippen molar-refractivity contribution in [3.05, 3.63) is 20.8 Å². The number of rotatable bonds is 2. The third kappa shape index (κ3) is 1.82. The molecule has 0 unspecified atom stereocenters. The number of anilines is 1. The van der Waals surface area contributed by atoms with E-state index in [4.69, 9.17) is 0 Å². The fraction of sp³-hybridized carbons (Fsp3) is 0.538. The molecular formula is C13H18N6O2. The van der Waals surface area contributed by atoms with E-state index in [1.54, 1.807) is 19.1 Å². The summed E-state index contributed by atoms with van der Waals surface area (Å²) in [5.74, 6) is 0.581. The second-order valence-corrected chi connectivity index (χ2v) is 5.33. The molecule has 8 nitrogen and oxygen atoms in total. The van der Waals surface area contributed by atoms with Gasteiger partial charge in [0.25, 0.3) is 5.56 Å². The van der Waals surface area contributed by atoms with Crippen molar-refractivity contribution in [1.29, 1.82) is 0 Å². The summed E-state index contributed by atoms with van der Waals surface area (Å²) in [5.41, 5.74) is 1.15. The quantitative estimate of drug-likeness (QED) is 0.788. The van der Waals surface area contributed by atoms with E-state index in [9.17, 15) is 9.59 Å². The molecule has 112 valence electrons. The molecule has 0 N–H and O–H groups in total. The predicted octanol–water partition coefficient (Wildman–Crippen LogP) is 0.132. The van der Waals surface area contributed by atoms with Gasteiger partial charge in [-0.2, -0.15) is 10.1 Å². The Balaban J connectivity index is 2.43. The summed E-state index contributed by atoms with van der Waals surface area (Å²) in [4.78, 5) is 29.4. The van der Waals surface area contributed by atoms with Gasteiger partial charge in [-0.05, 0) is 13.3 Å². The first kappa shape index (κ1) is 13.6. The van der Waals surface area contributed by atoms with Crippen LogP contribution >= 0.6 is 0 Å². The standard InChI is InChI=1S/C13H18N6O2/c1-5-6-18-11(20)9-10(16(3)13(18)21)14-12-17(4)15-8(2)7-19(9)12/h5-7H2,1-4H3. The summed E-state index contributed by atoms with van der Waals surface area (Å²) in [5, 5.41) is 5.96. The number of hydrazone groups is 1. The topological polar surface area (TPSA) is 77.4 Å². The van der Waals surface area contributed by atoms with Gasteiger partial charge in [0.2, 0.25) is 5.95 Å². The van der Waals surface area contributed by atoms with E-state index in [2.05, 4.69) is 10.1 Å². The second kappa shape index (κ2) is 4.57. The second-order valence-electron chi connectivity index (χ2n) is 5.33. The smallest absolute Gasteiger partial charge is 0.297 e. The average molecular weight is 290 g/mol. The SMILES string of the molecule is CCCn1c(=O)c2c(nc3n2CC(C)=NN3C)n(C)c1=O. The minimum Gasteiger partial charge on any atom is -0.297 e. The number of aromatic nitrogens is 4. The summed E-state index contributed by atoms with van der Waals surface area (Å²) in [6, 6.07) is 0. The minimum absolute atomic E-state index is 0.281. The Labute approximate surface area is 120 Å². The summed E-state index contributed by atoms with van der Waals surface area (Å²) in [7, 11) is 3.42. The van der Waals surface area contributed by atoms with Crippen molar-refractivity contribution in [2.24, 2.45) is 12.1 Å². The van der Waals surface area contributed by atoms with Crippen LogP contribution in [-0.2, 0) is 20.1 Å². The van der Waals surface area contributed by atoms with Crippen LogP contribution in [0.5, 0.6) is 0 Å². The fourth-order valence-corrected chi connectivity index (χ4v) is 2.74. The Hall–Kier alpha value is -2.38. The monoisotopic (exact) mass is 290 g/mol. The lowest BCUT2D eigenvalue weighted by Crippen LogP contribution is -2.39. The molecule has 1 aliphatic rings. The van der Waals surface area contributed by atoms with Gasteiger partial charge in [0.05, 0.1) is 12.3 Å². The zero-order valence-corrected chi connectivity index (χ0v) is 12.6. The number of fused-ring (bicyclic) bond motifs is 3. The van der Waals surface area contributed by atoms with Gasteiger partial charge in [0.15, 0.2) is 11.2 Å². The molecule has 0 atom stereocenters. The Morgan fingerprint density at radius 2 is 1.95 bits per heavy atom. The van der Waals surface area contributed by atoms with Crippen molar-refractivity contribution in [2.45, 2.75) is 33.4 Å². The number of hydrogen-bond acceptors (Lipinski definition) is 5. The molecule has 0 aliphatic carbocycles. The highest BCUT2D eigenvalue weighted by molar-refractivity contribution is 5.87. The minimum atomic E-state index is -0.329. The van der Waals surface area contributed by atoms with Crippen LogP contribution in [0.1, 0.15) is 20.3 Å². The third-order valence-electron chi connectivity index (χ3n) is 3.66. The lowest BCUT2D eigenvalue weighted by atomic mass is 10.4. The van der Waals surface area contributed by atoms with Crippen molar-refractivity contribution in [3.63, 3.8) is 0 Å². The average Bonchev–Trinajstić information content (AvgIpc) is 2.81. The van der Waals surface area contributed by atoms with Gasteiger partial charge in [0.1, 0.15) is 0 Å². The van der Waals surface area contributed by atoms with Crippen LogP contribution < -0.4 is 16.3 Å². The van der Waals surface area contributed by atoms with Crippen LogP contribution in [0.4, 0.5) is 5.95 Å². The highest BCUT2D eigenvalue weighted by Crippen LogP contribution is 2.21. The molecular weight excluding hydrogens is 272 g/mol. The van der Waals surface area contributed by atoms with Crippen LogP contribution in [0, 0.1) is 0 Å². The zero-order valence-electron chi connectivity index (χ0n) is 12.6. The van der Waals surface area contributed by atoms with E-state index in [1.807, 2.05) is 18.4 Å². The van der Waals surface area contributed by atoms with Crippen molar-refractivity contribution in [1.82, 2.24) is 18.7 Å². The first-order valence-corrected chi connectivity index (χ1v) is 6.93. The van der Waals surface area contributed by atoms with Crippen LogP contribution in [0.15, 0.2) is 14.7 Å². The van der Waals surface area contributed by atoms with E-state index >= 15 is 0 Å². The van der Waals surface area contributed by atoms with Crippen LogP contribution in [-0.4, -0.2) is 31.4 Å². The summed E-state index contributed by atoms with van der Waals surface area (Å²) >= 11 is 0. The van der Waals surface area contributed by atoms with Crippen LogP contribution in [0.2, 0.25) is 0 Å². The Bertz CT molecular complexity index is 869. The van der Waals surface area contributed by atoms with E-state index in [1.165, 1.54) is 9.13 Å². The summed E-state index contributed by atoms with van der Waals surface area (Å²) < 4.78 is 4.53. The number of hydrogen-bond donors (Lipinski definition) is 0. The molecule has 0 aromatic carbocycles. The molecule has 0 bridgehead atoms. The Morgan fingerprint density at radius 1 is 1.24 bits per heavy atom. The maximum atomic E-state index is 12.7. The Morgan fingerprint density at radius 3 is 2.62 bits per heavy atom. The molecule has 8 heteroatoms. The summed E-state index contributed by atoms with van der Waals surface area (Å²) in [6.45, 7) is 4.75. The van der Waals surface area contributed by atoms with Gasteiger partial charge in [-0.3, -0.25) is 18.5 Å². The van der Waals surface area contributed by atoms with E-state index in [0.717, 1.165) is 12.1 Å². The van der Waals surface area contributed by atoms with Crippen molar-refractivity contribution in [2.75, 3.05) is 12.1 Å². The largest absolute Gasteiger partial charge is 0.332 e. The van der Waals surface area contributed by atoms with Crippen molar-refractivity contribution < 1.29 is 0 Å². The third-order valence-corrected chi connectivity index (χ3v) is 3.66. The molecule has 1 aliphatic heterocycles. The highest BCUT2D eigenvalue weighted by atomic mass is 16.2. The van der Waals surface area contributed by atoms with Gasteiger partial charge in [-0.1, -0.05) is 6.92 Å². The van der Waals surface area contributed by atoms with Gasteiger partial charge in [-0.15, -0.1) is 0 Å². The fourth-order valence-electron chi connectivity index (χ4n) is 2.74. The number of imidazole rings is 1. The van der Waals surface area contributed by atoms with Gasteiger partial charge in [-0.25, -0.2) is 9.80 Å². The van der Waals surface area contributed by atoms with Crippen molar-refractivity contribution in [3.8, 4) is 0 Å². The van der Waals surface area contributed by atoms with Gasteiger partial charge < -0.3 is 0 Å². The van der Waals surface area contributed by atoms with E-state index in [-0.39, 0.29) is 11.2 Å². The molecule has 0 amide bonds. The van der Waals surface area contributed by atoms with Crippen LogP contribution in [0.25, 0.3) is 11.2 Å². The van der Waals surface area contributed by atoms with E-state index in [0.29, 0.717) is 30.2 Å². The lowest BCUT2D eigenvalue weighted by Gasteiger charge is -2.20. The van der Waals surface area contributed by atoms with Crippen molar-refractivity contribution >= 4 is 22.8 Å². The number of aryl methyl sites for hydroxylation is 1. The van der Waals surface area contributed by atoms with Crippen LogP contribution in [0.3, 0.4) is 0 Å². The maximum Gasteiger partial charge on any atom is 0.332 e. The normalized spacial score (nSPS) is 14.5. The van der Waals surface area contributed by atoms with Gasteiger partial charge in [0, 0.05) is 20.6 Å². The first-order chi connectivity index (χ1) is 9.95. The molecule has 0 spiro atoms. The molecule has 2 aromatic heterocycles. The molecule has 3 heterocycles. The number of nitrogens with zero attached hydrogens (tertiary/aromatic N) is 6. The zero-order chi connectivity index (χ0) is 15.3. The molecule has 0 saturated heterocycles. The molecule has 0 radical (unpaired) electrons. The molecule has 0 saturated carbocycles. The first-order valence-electron chi connectivity index (χ1n) is 6.93. The Kier molecular flexibility index (Phi) is 2.96. The van der Waals surface area contributed by atoms with Gasteiger partial charge >= 0.3 is 5.69 Å². The summed E-state index contributed by atoms with van der Waals surface area (Å²) in [6.07, 6.45) is 0.724. The predicted molar refractivity (Wildman–Crippen MR) is 81.0 cm³/mol. The molecule has 21 heavy (non-hydrogen) atoms. The molecule has 0 fully saturated rings. The molecule has 2 aromatic rings.